The van der Waals surface area contributed by atoms with Crippen LogP contribution in [0.5, 0.6) is 0 Å². The van der Waals surface area contributed by atoms with Crippen molar-refractivity contribution in [2.75, 3.05) is 6.54 Å². The SMILES string of the molecule is CCN(C1CCCCC1)C1CC1. The van der Waals surface area contributed by atoms with Crippen LogP contribution in [0, 0.1) is 0 Å². The first-order valence-corrected chi connectivity index (χ1v) is 5.67. The second-order valence-electron chi connectivity index (χ2n) is 4.35. The highest BCUT2D eigenvalue weighted by Crippen LogP contribution is 2.33. The first kappa shape index (κ1) is 8.55. The molecule has 12 heavy (non-hydrogen) atoms. The molecule has 1 heteroatoms. The summed E-state index contributed by atoms with van der Waals surface area (Å²) in [5, 5.41) is 0. The Hall–Kier alpha value is -0.0400. The van der Waals surface area contributed by atoms with E-state index in [-0.39, 0.29) is 0 Å². The molecule has 0 aliphatic heterocycles. The Morgan fingerprint density at radius 2 is 1.50 bits per heavy atom. The van der Waals surface area contributed by atoms with Crippen molar-refractivity contribution in [2.24, 2.45) is 0 Å². The Morgan fingerprint density at radius 3 is 2.00 bits per heavy atom. The van der Waals surface area contributed by atoms with Gasteiger partial charge in [-0.15, -0.1) is 0 Å². The van der Waals surface area contributed by atoms with Gasteiger partial charge in [-0.25, -0.2) is 0 Å². The summed E-state index contributed by atoms with van der Waals surface area (Å²) >= 11 is 0. The zero-order valence-corrected chi connectivity index (χ0v) is 8.26. The van der Waals surface area contributed by atoms with Gasteiger partial charge in [-0.1, -0.05) is 26.2 Å². The lowest BCUT2D eigenvalue weighted by molar-refractivity contribution is 0.155. The molecule has 0 aromatic heterocycles. The molecule has 2 aliphatic carbocycles. The van der Waals surface area contributed by atoms with Gasteiger partial charge in [0, 0.05) is 12.1 Å². The predicted molar refractivity (Wildman–Crippen MR) is 52.3 cm³/mol. The lowest BCUT2D eigenvalue weighted by atomic mass is 9.94. The van der Waals surface area contributed by atoms with Crippen LogP contribution in [-0.2, 0) is 0 Å². The van der Waals surface area contributed by atoms with Gasteiger partial charge in [0.25, 0.3) is 0 Å². The van der Waals surface area contributed by atoms with E-state index in [2.05, 4.69) is 11.8 Å². The van der Waals surface area contributed by atoms with Crippen LogP contribution in [0.3, 0.4) is 0 Å². The molecular formula is C11H21N. The number of rotatable bonds is 3. The molecule has 2 saturated carbocycles. The minimum atomic E-state index is 0.955. The van der Waals surface area contributed by atoms with Crippen molar-refractivity contribution in [3.05, 3.63) is 0 Å². The summed E-state index contributed by atoms with van der Waals surface area (Å²) in [4.78, 5) is 2.76. The second-order valence-corrected chi connectivity index (χ2v) is 4.35. The average Bonchev–Trinajstić information content (AvgIpc) is 2.92. The Bertz CT molecular complexity index is 134. The van der Waals surface area contributed by atoms with Crippen LogP contribution in [0.4, 0.5) is 0 Å². The molecule has 0 aromatic rings. The van der Waals surface area contributed by atoms with Crippen LogP contribution in [0.1, 0.15) is 51.9 Å². The first-order valence-electron chi connectivity index (χ1n) is 5.67. The quantitative estimate of drug-likeness (QED) is 0.624. The fraction of sp³-hybridized carbons (Fsp3) is 1.00. The molecule has 0 aromatic carbocycles. The Labute approximate surface area is 76.1 Å². The fourth-order valence-corrected chi connectivity index (χ4v) is 2.63. The molecule has 0 bridgehead atoms. The van der Waals surface area contributed by atoms with E-state index in [0.29, 0.717) is 0 Å². The lowest BCUT2D eigenvalue weighted by Crippen LogP contribution is -2.38. The van der Waals surface area contributed by atoms with Gasteiger partial charge in [-0.3, -0.25) is 4.90 Å². The maximum atomic E-state index is 2.76. The third-order valence-electron chi connectivity index (χ3n) is 3.42. The topological polar surface area (TPSA) is 3.24 Å². The molecule has 0 saturated heterocycles. The molecule has 2 fully saturated rings. The van der Waals surface area contributed by atoms with E-state index < -0.39 is 0 Å². The fourth-order valence-electron chi connectivity index (χ4n) is 2.63. The molecular weight excluding hydrogens is 146 g/mol. The van der Waals surface area contributed by atoms with Gasteiger partial charge in [0.1, 0.15) is 0 Å². The van der Waals surface area contributed by atoms with Gasteiger partial charge >= 0.3 is 0 Å². The normalized spacial score (nSPS) is 26.5. The van der Waals surface area contributed by atoms with Gasteiger partial charge in [-0.2, -0.15) is 0 Å². The third kappa shape index (κ3) is 1.82. The van der Waals surface area contributed by atoms with E-state index in [0.717, 1.165) is 12.1 Å². The smallest absolute Gasteiger partial charge is 0.00992 e. The van der Waals surface area contributed by atoms with Crippen molar-refractivity contribution in [3.8, 4) is 0 Å². The Balaban J connectivity index is 1.85. The van der Waals surface area contributed by atoms with Crippen molar-refractivity contribution in [1.29, 1.82) is 0 Å². The van der Waals surface area contributed by atoms with E-state index in [1.54, 1.807) is 0 Å². The lowest BCUT2D eigenvalue weighted by Gasteiger charge is -2.33. The van der Waals surface area contributed by atoms with Gasteiger partial charge < -0.3 is 0 Å². The standard InChI is InChI=1S/C11H21N/c1-2-12(11-8-9-11)10-6-4-3-5-7-10/h10-11H,2-9H2,1H3. The zero-order chi connectivity index (χ0) is 8.39. The van der Waals surface area contributed by atoms with Gasteiger partial charge in [0.2, 0.25) is 0 Å². The van der Waals surface area contributed by atoms with Gasteiger partial charge in [-0.05, 0) is 32.2 Å². The van der Waals surface area contributed by atoms with Crippen LogP contribution in [0.15, 0.2) is 0 Å². The summed E-state index contributed by atoms with van der Waals surface area (Å²) < 4.78 is 0. The van der Waals surface area contributed by atoms with Crippen molar-refractivity contribution in [1.82, 2.24) is 4.90 Å². The summed E-state index contributed by atoms with van der Waals surface area (Å²) in [5.41, 5.74) is 0. The Kier molecular flexibility index (Phi) is 2.69. The molecule has 2 aliphatic rings. The number of hydrogen-bond acceptors (Lipinski definition) is 1. The molecule has 0 radical (unpaired) electrons. The van der Waals surface area contributed by atoms with Crippen LogP contribution in [0.25, 0.3) is 0 Å². The van der Waals surface area contributed by atoms with Gasteiger partial charge in [0.15, 0.2) is 0 Å². The number of hydrogen-bond donors (Lipinski definition) is 0. The molecule has 0 N–H and O–H groups in total. The summed E-state index contributed by atoms with van der Waals surface area (Å²) in [6.45, 7) is 3.61. The maximum Gasteiger partial charge on any atom is 0.00992 e. The van der Waals surface area contributed by atoms with E-state index >= 15 is 0 Å². The molecule has 0 heterocycles. The van der Waals surface area contributed by atoms with Crippen molar-refractivity contribution >= 4 is 0 Å². The minimum Gasteiger partial charge on any atom is -0.298 e. The molecule has 0 unspecified atom stereocenters. The highest BCUT2D eigenvalue weighted by Gasteiger charge is 2.32. The summed E-state index contributed by atoms with van der Waals surface area (Å²) in [5.74, 6) is 0. The van der Waals surface area contributed by atoms with E-state index in [9.17, 15) is 0 Å². The molecule has 0 amide bonds. The first-order chi connectivity index (χ1) is 5.92. The zero-order valence-electron chi connectivity index (χ0n) is 8.26. The van der Waals surface area contributed by atoms with Gasteiger partial charge in [0.05, 0.1) is 0 Å². The van der Waals surface area contributed by atoms with E-state index in [4.69, 9.17) is 0 Å². The van der Waals surface area contributed by atoms with Crippen molar-refractivity contribution < 1.29 is 0 Å². The largest absolute Gasteiger partial charge is 0.298 e. The van der Waals surface area contributed by atoms with Crippen LogP contribution in [-0.4, -0.2) is 23.5 Å². The van der Waals surface area contributed by atoms with Crippen molar-refractivity contribution in [3.63, 3.8) is 0 Å². The molecule has 1 nitrogen and oxygen atoms in total. The minimum absolute atomic E-state index is 0.955. The summed E-state index contributed by atoms with van der Waals surface area (Å²) in [7, 11) is 0. The predicted octanol–water partition coefficient (Wildman–Crippen LogP) is 2.80. The average molecular weight is 167 g/mol. The molecule has 70 valence electrons. The monoisotopic (exact) mass is 167 g/mol. The second kappa shape index (κ2) is 3.78. The van der Waals surface area contributed by atoms with E-state index in [1.807, 2.05) is 0 Å². The highest BCUT2D eigenvalue weighted by atomic mass is 15.2. The third-order valence-corrected chi connectivity index (χ3v) is 3.42. The van der Waals surface area contributed by atoms with Crippen LogP contribution in [0.2, 0.25) is 0 Å². The maximum absolute atomic E-state index is 2.76. The van der Waals surface area contributed by atoms with E-state index in [1.165, 1.54) is 51.5 Å². The van der Waals surface area contributed by atoms with Crippen LogP contribution >= 0.6 is 0 Å². The summed E-state index contributed by atoms with van der Waals surface area (Å²) in [6.07, 6.45) is 10.4. The molecule has 0 atom stereocenters. The molecule has 0 spiro atoms. The molecule has 2 rings (SSSR count). The Morgan fingerprint density at radius 1 is 0.917 bits per heavy atom. The van der Waals surface area contributed by atoms with Crippen molar-refractivity contribution in [2.45, 2.75) is 64.0 Å². The summed E-state index contributed by atoms with van der Waals surface area (Å²) in [6, 6.07) is 1.94. The van der Waals surface area contributed by atoms with Crippen LogP contribution < -0.4 is 0 Å². The number of nitrogens with zero attached hydrogens (tertiary/aromatic N) is 1. The highest BCUT2D eigenvalue weighted by molar-refractivity contribution is 4.89.